The molecule has 0 radical (unpaired) electrons. The van der Waals surface area contributed by atoms with Gasteiger partial charge in [0.25, 0.3) is 6.43 Å². The first kappa shape index (κ1) is 14.8. The molecule has 102 valence electrons. The minimum Gasteiger partial charge on any atom is -0.481 e. The average Bonchev–Trinajstić information content (AvgIpc) is 2.38. The van der Waals surface area contributed by atoms with Gasteiger partial charge in [-0.3, -0.25) is 4.79 Å². The van der Waals surface area contributed by atoms with Crippen molar-refractivity contribution in [1.82, 2.24) is 4.98 Å². The Morgan fingerprint density at radius 3 is 2.74 bits per heavy atom. The fourth-order valence-electron chi connectivity index (χ4n) is 1.47. The summed E-state index contributed by atoms with van der Waals surface area (Å²) >= 11 is 0. The first-order chi connectivity index (χ1) is 9.03. The Kier molecular flexibility index (Phi) is 5.18. The van der Waals surface area contributed by atoms with E-state index < -0.39 is 18.1 Å². The number of halogens is 2. The fourth-order valence-corrected chi connectivity index (χ4v) is 1.47. The minimum absolute atomic E-state index is 0.0739. The largest absolute Gasteiger partial charge is 0.481 e. The lowest BCUT2D eigenvalue weighted by atomic mass is 10.1. The van der Waals surface area contributed by atoms with Gasteiger partial charge in [-0.1, -0.05) is 0 Å². The molecule has 0 bridgehead atoms. The van der Waals surface area contributed by atoms with Crippen LogP contribution in [0.15, 0.2) is 6.07 Å². The van der Waals surface area contributed by atoms with Crippen molar-refractivity contribution in [3.8, 4) is 11.9 Å². The number of methoxy groups -OCH3 is 1. The third-order valence-corrected chi connectivity index (χ3v) is 2.27. The number of ether oxygens (including phenoxy) is 2. The van der Waals surface area contributed by atoms with Crippen LogP contribution in [0.4, 0.5) is 8.78 Å². The van der Waals surface area contributed by atoms with Gasteiger partial charge in [-0.05, 0) is 13.0 Å². The van der Waals surface area contributed by atoms with Gasteiger partial charge in [0.05, 0.1) is 31.8 Å². The van der Waals surface area contributed by atoms with Crippen LogP contribution < -0.4 is 4.74 Å². The maximum Gasteiger partial charge on any atom is 0.310 e. The zero-order valence-electron chi connectivity index (χ0n) is 10.4. The Labute approximate surface area is 108 Å². The van der Waals surface area contributed by atoms with Crippen LogP contribution in [-0.2, 0) is 16.0 Å². The number of carbonyl (C=O) groups excluding carboxylic acids is 1. The van der Waals surface area contributed by atoms with Gasteiger partial charge < -0.3 is 9.47 Å². The highest BCUT2D eigenvalue weighted by Crippen LogP contribution is 2.26. The lowest BCUT2D eigenvalue weighted by molar-refractivity contribution is -0.142. The Morgan fingerprint density at radius 2 is 2.26 bits per heavy atom. The molecular formula is C12H12F2N2O3. The SMILES string of the molecule is CCOC(=O)Cc1c(C#N)cc(C(F)F)nc1OC. The van der Waals surface area contributed by atoms with Crippen molar-refractivity contribution < 1.29 is 23.0 Å². The maximum absolute atomic E-state index is 12.6. The van der Waals surface area contributed by atoms with Gasteiger partial charge in [0, 0.05) is 5.56 Å². The van der Waals surface area contributed by atoms with Crippen LogP contribution in [0.25, 0.3) is 0 Å². The number of hydrogen-bond acceptors (Lipinski definition) is 5. The van der Waals surface area contributed by atoms with Crippen LogP contribution in [0.1, 0.15) is 30.2 Å². The second-order valence-corrected chi connectivity index (χ2v) is 3.48. The number of esters is 1. The van der Waals surface area contributed by atoms with E-state index in [0.29, 0.717) is 0 Å². The van der Waals surface area contributed by atoms with Gasteiger partial charge in [0.15, 0.2) is 0 Å². The molecule has 0 aromatic carbocycles. The second-order valence-electron chi connectivity index (χ2n) is 3.48. The molecule has 0 unspecified atom stereocenters. The van der Waals surface area contributed by atoms with Crippen LogP contribution in [-0.4, -0.2) is 24.7 Å². The van der Waals surface area contributed by atoms with Gasteiger partial charge >= 0.3 is 5.97 Å². The number of nitriles is 1. The number of nitrogens with zero attached hydrogens (tertiary/aromatic N) is 2. The molecule has 0 fully saturated rings. The number of hydrogen-bond donors (Lipinski definition) is 0. The van der Waals surface area contributed by atoms with E-state index in [-0.39, 0.29) is 30.0 Å². The molecule has 0 amide bonds. The van der Waals surface area contributed by atoms with E-state index in [1.165, 1.54) is 7.11 Å². The van der Waals surface area contributed by atoms with Crippen molar-refractivity contribution in [1.29, 1.82) is 5.26 Å². The number of carbonyl (C=O) groups is 1. The second kappa shape index (κ2) is 6.64. The summed E-state index contributed by atoms with van der Waals surface area (Å²) in [4.78, 5) is 15.0. The molecule has 0 saturated carbocycles. The highest BCUT2D eigenvalue weighted by atomic mass is 19.3. The van der Waals surface area contributed by atoms with Gasteiger partial charge in [0.2, 0.25) is 5.88 Å². The summed E-state index contributed by atoms with van der Waals surface area (Å²) < 4.78 is 34.8. The molecular weight excluding hydrogens is 258 g/mol. The Balaban J connectivity index is 3.22. The maximum atomic E-state index is 12.6. The third-order valence-electron chi connectivity index (χ3n) is 2.27. The van der Waals surface area contributed by atoms with Crippen molar-refractivity contribution in [2.75, 3.05) is 13.7 Å². The van der Waals surface area contributed by atoms with Crippen molar-refractivity contribution >= 4 is 5.97 Å². The average molecular weight is 270 g/mol. The monoisotopic (exact) mass is 270 g/mol. The van der Waals surface area contributed by atoms with Crippen LogP contribution in [0.2, 0.25) is 0 Å². The predicted octanol–water partition coefficient (Wildman–Crippen LogP) is 2.01. The smallest absolute Gasteiger partial charge is 0.310 e. The summed E-state index contributed by atoms with van der Waals surface area (Å²) in [5.41, 5.74) is -0.496. The fraction of sp³-hybridized carbons (Fsp3) is 0.417. The quantitative estimate of drug-likeness (QED) is 0.765. The Hall–Kier alpha value is -2.23. The highest BCUT2D eigenvalue weighted by molar-refractivity contribution is 5.74. The molecule has 5 nitrogen and oxygen atoms in total. The highest BCUT2D eigenvalue weighted by Gasteiger charge is 2.20. The van der Waals surface area contributed by atoms with E-state index in [4.69, 9.17) is 14.7 Å². The van der Waals surface area contributed by atoms with Gasteiger partial charge in [-0.2, -0.15) is 5.26 Å². The molecule has 1 aromatic rings. The van der Waals surface area contributed by atoms with Crippen LogP contribution >= 0.6 is 0 Å². The number of pyridine rings is 1. The first-order valence-electron chi connectivity index (χ1n) is 5.45. The predicted molar refractivity (Wildman–Crippen MR) is 60.8 cm³/mol. The van der Waals surface area contributed by atoms with Gasteiger partial charge in [-0.25, -0.2) is 13.8 Å². The zero-order chi connectivity index (χ0) is 14.4. The number of aromatic nitrogens is 1. The summed E-state index contributed by atoms with van der Waals surface area (Å²) in [5.74, 6) is -0.744. The Morgan fingerprint density at radius 1 is 1.58 bits per heavy atom. The van der Waals surface area contributed by atoms with E-state index in [2.05, 4.69) is 4.98 Å². The number of rotatable bonds is 5. The van der Waals surface area contributed by atoms with Crippen molar-refractivity contribution in [3.05, 3.63) is 22.9 Å². The van der Waals surface area contributed by atoms with Crippen LogP contribution in [0.5, 0.6) is 5.88 Å². The molecule has 0 spiro atoms. The molecule has 0 atom stereocenters. The molecule has 0 aliphatic carbocycles. The lowest BCUT2D eigenvalue weighted by Gasteiger charge is -2.11. The minimum atomic E-state index is -2.82. The van der Waals surface area contributed by atoms with Crippen LogP contribution in [0.3, 0.4) is 0 Å². The van der Waals surface area contributed by atoms with Gasteiger partial charge in [-0.15, -0.1) is 0 Å². The molecule has 19 heavy (non-hydrogen) atoms. The van der Waals surface area contributed by atoms with E-state index >= 15 is 0 Å². The van der Waals surface area contributed by atoms with E-state index in [1.54, 1.807) is 13.0 Å². The Bertz CT molecular complexity index is 512. The molecule has 1 heterocycles. The number of alkyl halides is 2. The summed E-state index contributed by atoms with van der Waals surface area (Å²) in [5, 5.41) is 8.96. The lowest BCUT2D eigenvalue weighted by Crippen LogP contribution is -2.11. The van der Waals surface area contributed by atoms with Crippen molar-refractivity contribution in [2.45, 2.75) is 19.8 Å². The standard InChI is InChI=1S/C12H12F2N2O3/c1-3-19-10(17)5-8-7(6-15)4-9(11(13)14)16-12(8)18-2/h4,11H,3,5H2,1-2H3. The van der Waals surface area contributed by atoms with Crippen LogP contribution in [0, 0.1) is 11.3 Å². The van der Waals surface area contributed by atoms with E-state index in [9.17, 15) is 13.6 Å². The summed E-state index contributed by atoms with van der Waals surface area (Å²) in [6.07, 6.45) is -3.08. The van der Waals surface area contributed by atoms with E-state index in [0.717, 1.165) is 6.07 Å². The third kappa shape index (κ3) is 3.61. The molecule has 1 rings (SSSR count). The summed E-state index contributed by atoms with van der Waals surface area (Å²) in [6.45, 7) is 1.82. The normalized spacial score (nSPS) is 10.1. The molecule has 0 saturated heterocycles. The van der Waals surface area contributed by atoms with Crippen molar-refractivity contribution in [2.24, 2.45) is 0 Å². The summed E-state index contributed by atoms with van der Waals surface area (Å²) in [7, 11) is 1.23. The molecule has 0 aliphatic rings. The molecule has 0 N–H and O–H groups in total. The molecule has 1 aromatic heterocycles. The molecule has 0 aliphatic heterocycles. The molecule has 7 heteroatoms. The van der Waals surface area contributed by atoms with Crippen molar-refractivity contribution in [3.63, 3.8) is 0 Å². The van der Waals surface area contributed by atoms with Gasteiger partial charge in [0.1, 0.15) is 5.69 Å². The topological polar surface area (TPSA) is 72.2 Å². The van der Waals surface area contributed by atoms with E-state index in [1.807, 2.05) is 0 Å². The zero-order valence-corrected chi connectivity index (χ0v) is 10.4. The summed E-state index contributed by atoms with van der Waals surface area (Å²) in [6, 6.07) is 2.70. The first-order valence-corrected chi connectivity index (χ1v) is 5.45.